The first-order valence-electron chi connectivity index (χ1n) is 6.10. The van der Waals surface area contributed by atoms with Gasteiger partial charge in [-0.15, -0.1) is 0 Å². The molecule has 1 amide bonds. The maximum Gasteiger partial charge on any atom is 0.251 e. The Morgan fingerprint density at radius 2 is 2.06 bits per heavy atom. The number of amides is 1. The summed E-state index contributed by atoms with van der Waals surface area (Å²) in [5, 5.41) is 2.93. The molecule has 0 aliphatic carbocycles. The average molecular weight is 249 g/mol. The predicted octanol–water partition coefficient (Wildman–Crippen LogP) is 1.22. The Balaban J connectivity index is 2.80. The molecule has 4 heteroatoms. The number of hydrogen-bond acceptors (Lipinski definition) is 3. The SMILES string of the molecule is CN(C)Cc1cccc(C(=O)NC(C)(C)CN)c1. The van der Waals surface area contributed by atoms with Gasteiger partial charge in [-0.3, -0.25) is 4.79 Å². The van der Waals surface area contributed by atoms with Crippen molar-refractivity contribution in [2.24, 2.45) is 5.73 Å². The van der Waals surface area contributed by atoms with Crippen molar-refractivity contribution in [3.05, 3.63) is 35.4 Å². The van der Waals surface area contributed by atoms with Crippen LogP contribution in [0.3, 0.4) is 0 Å². The van der Waals surface area contributed by atoms with E-state index in [2.05, 4.69) is 10.2 Å². The van der Waals surface area contributed by atoms with Crippen LogP contribution in [0.25, 0.3) is 0 Å². The molecule has 4 nitrogen and oxygen atoms in total. The van der Waals surface area contributed by atoms with E-state index in [0.29, 0.717) is 12.1 Å². The summed E-state index contributed by atoms with van der Waals surface area (Å²) in [6.45, 7) is 5.06. The third-order valence-corrected chi connectivity index (χ3v) is 2.65. The smallest absolute Gasteiger partial charge is 0.251 e. The van der Waals surface area contributed by atoms with Crippen molar-refractivity contribution in [3.63, 3.8) is 0 Å². The van der Waals surface area contributed by atoms with Crippen LogP contribution in [0.15, 0.2) is 24.3 Å². The van der Waals surface area contributed by atoms with Crippen LogP contribution in [0.5, 0.6) is 0 Å². The lowest BCUT2D eigenvalue weighted by Crippen LogP contribution is -2.48. The molecule has 0 spiro atoms. The molecule has 1 aromatic rings. The first-order chi connectivity index (χ1) is 8.34. The van der Waals surface area contributed by atoms with E-state index in [9.17, 15) is 4.79 Å². The second-order valence-electron chi connectivity index (χ2n) is 5.48. The molecule has 100 valence electrons. The number of nitrogens with one attached hydrogen (secondary N) is 1. The van der Waals surface area contributed by atoms with E-state index in [-0.39, 0.29) is 11.4 Å². The summed E-state index contributed by atoms with van der Waals surface area (Å²) in [6, 6.07) is 7.66. The van der Waals surface area contributed by atoms with Gasteiger partial charge in [-0.1, -0.05) is 12.1 Å². The fraction of sp³-hybridized carbons (Fsp3) is 0.500. The van der Waals surface area contributed by atoms with E-state index in [0.717, 1.165) is 12.1 Å². The van der Waals surface area contributed by atoms with Crippen molar-refractivity contribution < 1.29 is 4.79 Å². The Morgan fingerprint density at radius 3 is 2.61 bits per heavy atom. The van der Waals surface area contributed by atoms with Crippen molar-refractivity contribution in [1.82, 2.24) is 10.2 Å². The molecule has 1 rings (SSSR count). The molecule has 0 unspecified atom stereocenters. The maximum absolute atomic E-state index is 12.1. The van der Waals surface area contributed by atoms with Gasteiger partial charge in [0.25, 0.3) is 5.91 Å². The lowest BCUT2D eigenvalue weighted by Gasteiger charge is -2.24. The minimum absolute atomic E-state index is 0.0777. The van der Waals surface area contributed by atoms with E-state index < -0.39 is 0 Å². The Kier molecular flexibility index (Phi) is 4.87. The van der Waals surface area contributed by atoms with Crippen molar-refractivity contribution in [2.45, 2.75) is 25.9 Å². The second kappa shape index (κ2) is 5.98. The highest BCUT2D eigenvalue weighted by Gasteiger charge is 2.19. The van der Waals surface area contributed by atoms with Gasteiger partial charge in [0.05, 0.1) is 0 Å². The number of carbonyl (C=O) groups is 1. The fourth-order valence-corrected chi connectivity index (χ4v) is 1.61. The van der Waals surface area contributed by atoms with Crippen LogP contribution in [0.2, 0.25) is 0 Å². The van der Waals surface area contributed by atoms with Crippen LogP contribution in [0.1, 0.15) is 29.8 Å². The molecule has 3 N–H and O–H groups in total. The molecular weight excluding hydrogens is 226 g/mol. The summed E-state index contributed by atoms with van der Waals surface area (Å²) in [4.78, 5) is 14.1. The van der Waals surface area contributed by atoms with Gasteiger partial charge >= 0.3 is 0 Å². The highest BCUT2D eigenvalue weighted by atomic mass is 16.1. The molecule has 0 aliphatic rings. The third-order valence-electron chi connectivity index (χ3n) is 2.65. The number of rotatable bonds is 5. The van der Waals surface area contributed by atoms with Crippen molar-refractivity contribution in [3.8, 4) is 0 Å². The number of nitrogens with two attached hydrogens (primary N) is 1. The van der Waals surface area contributed by atoms with Crippen molar-refractivity contribution in [2.75, 3.05) is 20.6 Å². The minimum Gasteiger partial charge on any atom is -0.346 e. The van der Waals surface area contributed by atoms with Gasteiger partial charge in [0, 0.05) is 24.2 Å². The van der Waals surface area contributed by atoms with Crippen LogP contribution in [-0.2, 0) is 6.54 Å². The van der Waals surface area contributed by atoms with Gasteiger partial charge in [-0.25, -0.2) is 0 Å². The zero-order chi connectivity index (χ0) is 13.8. The zero-order valence-electron chi connectivity index (χ0n) is 11.7. The Labute approximate surface area is 109 Å². The molecule has 0 radical (unpaired) electrons. The molecule has 0 heterocycles. The van der Waals surface area contributed by atoms with Gasteiger partial charge in [-0.05, 0) is 45.6 Å². The molecule has 0 saturated carbocycles. The normalized spacial score (nSPS) is 11.7. The molecule has 0 aromatic heterocycles. The molecule has 0 bridgehead atoms. The Hall–Kier alpha value is -1.39. The topological polar surface area (TPSA) is 58.4 Å². The van der Waals surface area contributed by atoms with Gasteiger partial charge in [0.15, 0.2) is 0 Å². The van der Waals surface area contributed by atoms with Crippen LogP contribution in [-0.4, -0.2) is 37.0 Å². The molecule has 0 fully saturated rings. The molecule has 0 aliphatic heterocycles. The molecule has 1 aromatic carbocycles. The van der Waals surface area contributed by atoms with Crippen LogP contribution in [0.4, 0.5) is 0 Å². The average Bonchev–Trinajstić information content (AvgIpc) is 2.28. The van der Waals surface area contributed by atoms with Gasteiger partial charge in [-0.2, -0.15) is 0 Å². The molecule has 18 heavy (non-hydrogen) atoms. The quantitative estimate of drug-likeness (QED) is 0.825. The monoisotopic (exact) mass is 249 g/mol. The highest BCUT2D eigenvalue weighted by molar-refractivity contribution is 5.94. The zero-order valence-corrected chi connectivity index (χ0v) is 11.7. The van der Waals surface area contributed by atoms with E-state index in [1.807, 2.05) is 52.2 Å². The van der Waals surface area contributed by atoms with Crippen LogP contribution >= 0.6 is 0 Å². The van der Waals surface area contributed by atoms with Crippen LogP contribution in [0, 0.1) is 0 Å². The van der Waals surface area contributed by atoms with Gasteiger partial charge < -0.3 is 16.0 Å². The molecular formula is C14H23N3O. The van der Waals surface area contributed by atoms with Crippen LogP contribution < -0.4 is 11.1 Å². The predicted molar refractivity (Wildman–Crippen MR) is 74.4 cm³/mol. The van der Waals surface area contributed by atoms with E-state index in [1.165, 1.54) is 0 Å². The Morgan fingerprint density at radius 1 is 1.39 bits per heavy atom. The van der Waals surface area contributed by atoms with E-state index in [4.69, 9.17) is 5.73 Å². The lowest BCUT2D eigenvalue weighted by atomic mass is 10.0. The standard InChI is InChI=1S/C14H23N3O/c1-14(2,10-15)16-13(18)12-7-5-6-11(8-12)9-17(3)4/h5-8H,9-10,15H2,1-4H3,(H,16,18). The summed E-state index contributed by atoms with van der Waals surface area (Å²) in [6.07, 6.45) is 0. The molecule has 0 atom stereocenters. The lowest BCUT2D eigenvalue weighted by molar-refractivity contribution is 0.0915. The largest absolute Gasteiger partial charge is 0.346 e. The number of carbonyl (C=O) groups excluding carboxylic acids is 1. The summed E-state index contributed by atoms with van der Waals surface area (Å²) in [5.74, 6) is -0.0777. The number of benzene rings is 1. The van der Waals surface area contributed by atoms with Gasteiger partial charge in [0.2, 0.25) is 0 Å². The number of hydrogen-bond donors (Lipinski definition) is 2. The first-order valence-corrected chi connectivity index (χ1v) is 6.10. The maximum atomic E-state index is 12.1. The second-order valence-corrected chi connectivity index (χ2v) is 5.48. The third kappa shape index (κ3) is 4.47. The van der Waals surface area contributed by atoms with E-state index >= 15 is 0 Å². The number of nitrogens with zero attached hydrogens (tertiary/aromatic N) is 1. The Bertz CT molecular complexity index is 413. The fourth-order valence-electron chi connectivity index (χ4n) is 1.61. The minimum atomic E-state index is -0.380. The first kappa shape index (κ1) is 14.7. The molecule has 0 saturated heterocycles. The summed E-state index contributed by atoms with van der Waals surface area (Å²) in [7, 11) is 4.01. The van der Waals surface area contributed by atoms with Crippen molar-refractivity contribution in [1.29, 1.82) is 0 Å². The van der Waals surface area contributed by atoms with Crippen molar-refractivity contribution >= 4 is 5.91 Å². The van der Waals surface area contributed by atoms with E-state index in [1.54, 1.807) is 0 Å². The highest BCUT2D eigenvalue weighted by Crippen LogP contribution is 2.09. The summed E-state index contributed by atoms with van der Waals surface area (Å²) in [5.41, 5.74) is 7.03. The summed E-state index contributed by atoms with van der Waals surface area (Å²) < 4.78 is 0. The van der Waals surface area contributed by atoms with Gasteiger partial charge in [0.1, 0.15) is 0 Å². The summed E-state index contributed by atoms with van der Waals surface area (Å²) >= 11 is 0.